The molecule has 0 bridgehead atoms. The van der Waals surface area contributed by atoms with Gasteiger partial charge in [-0.05, 0) is 53.9 Å². The topological polar surface area (TPSA) is 58.5 Å². The van der Waals surface area contributed by atoms with Gasteiger partial charge in [0, 0.05) is 32.4 Å². The average molecular weight is 396 g/mol. The first-order valence-corrected chi connectivity index (χ1v) is 9.20. The van der Waals surface area contributed by atoms with Crippen LogP contribution in [0.1, 0.15) is 11.1 Å². The molecule has 1 heterocycles. The van der Waals surface area contributed by atoms with E-state index in [0.717, 1.165) is 5.56 Å². The van der Waals surface area contributed by atoms with E-state index in [1.54, 1.807) is 43.6 Å². The third-order valence-electron chi connectivity index (χ3n) is 4.16. The van der Waals surface area contributed by atoms with Gasteiger partial charge in [0.15, 0.2) is 5.96 Å². The van der Waals surface area contributed by atoms with Crippen molar-refractivity contribution in [2.75, 3.05) is 13.6 Å². The molecule has 0 amide bonds. The molecule has 5 nitrogen and oxygen atoms in total. The number of guanidine groups is 1. The number of hydrogen-bond donors (Lipinski definition) is 2. The maximum atomic E-state index is 13.7. The van der Waals surface area contributed by atoms with Gasteiger partial charge in [-0.2, -0.15) is 0 Å². The molecule has 150 valence electrons. The van der Waals surface area contributed by atoms with Crippen LogP contribution in [0, 0.1) is 11.6 Å². The third kappa shape index (κ3) is 6.27. The Bertz CT molecular complexity index is 961. The van der Waals surface area contributed by atoms with E-state index in [-0.39, 0.29) is 11.6 Å². The summed E-state index contributed by atoms with van der Waals surface area (Å²) in [6.07, 6.45) is 2.20. The summed E-state index contributed by atoms with van der Waals surface area (Å²) in [5.41, 5.74) is 1.60. The number of aliphatic imine (C=N–C) groups is 1. The second-order valence-electron chi connectivity index (χ2n) is 6.25. The summed E-state index contributed by atoms with van der Waals surface area (Å²) in [4.78, 5) is 8.34. The zero-order chi connectivity index (χ0) is 20.5. The van der Waals surface area contributed by atoms with Gasteiger partial charge in [0.05, 0.1) is 0 Å². The number of pyridine rings is 1. The molecule has 3 aromatic rings. The van der Waals surface area contributed by atoms with Gasteiger partial charge in [0.1, 0.15) is 17.4 Å². The summed E-state index contributed by atoms with van der Waals surface area (Å²) >= 11 is 0. The number of hydrogen-bond acceptors (Lipinski definition) is 3. The SMILES string of the molecule is CN=C(NCCc1ccccc1F)NCc1ccnc(Oc2ccc(F)cc2)c1. The summed E-state index contributed by atoms with van der Waals surface area (Å²) in [6, 6.07) is 16.1. The van der Waals surface area contributed by atoms with Crippen LogP contribution in [0.4, 0.5) is 8.78 Å². The van der Waals surface area contributed by atoms with Gasteiger partial charge in [-0.1, -0.05) is 18.2 Å². The van der Waals surface area contributed by atoms with Crippen molar-refractivity contribution in [3.63, 3.8) is 0 Å². The number of rotatable bonds is 7. The molecule has 0 radical (unpaired) electrons. The van der Waals surface area contributed by atoms with Crippen molar-refractivity contribution in [2.24, 2.45) is 4.99 Å². The highest BCUT2D eigenvalue weighted by Gasteiger charge is 2.04. The van der Waals surface area contributed by atoms with Crippen LogP contribution >= 0.6 is 0 Å². The molecule has 0 saturated heterocycles. The average Bonchev–Trinajstić information content (AvgIpc) is 2.74. The van der Waals surface area contributed by atoms with E-state index in [1.165, 1.54) is 18.2 Å². The lowest BCUT2D eigenvalue weighted by Crippen LogP contribution is -2.37. The first kappa shape index (κ1) is 20.3. The van der Waals surface area contributed by atoms with Crippen LogP contribution in [0.25, 0.3) is 0 Å². The van der Waals surface area contributed by atoms with E-state index in [9.17, 15) is 8.78 Å². The number of nitrogens with zero attached hydrogens (tertiary/aromatic N) is 2. The fraction of sp³-hybridized carbons (Fsp3) is 0.182. The Morgan fingerprint density at radius 1 is 1.03 bits per heavy atom. The van der Waals surface area contributed by atoms with E-state index in [1.807, 2.05) is 12.1 Å². The highest BCUT2D eigenvalue weighted by Crippen LogP contribution is 2.20. The molecule has 2 N–H and O–H groups in total. The van der Waals surface area contributed by atoms with Gasteiger partial charge >= 0.3 is 0 Å². The number of ether oxygens (including phenoxy) is 1. The molecular weight excluding hydrogens is 374 g/mol. The maximum Gasteiger partial charge on any atom is 0.219 e. The molecule has 0 unspecified atom stereocenters. The smallest absolute Gasteiger partial charge is 0.219 e. The van der Waals surface area contributed by atoms with E-state index in [2.05, 4.69) is 20.6 Å². The molecule has 2 aromatic carbocycles. The lowest BCUT2D eigenvalue weighted by atomic mass is 10.1. The van der Waals surface area contributed by atoms with Gasteiger partial charge in [0.2, 0.25) is 5.88 Å². The Morgan fingerprint density at radius 3 is 2.59 bits per heavy atom. The number of aromatic nitrogens is 1. The van der Waals surface area contributed by atoms with E-state index in [4.69, 9.17) is 4.74 Å². The molecule has 0 saturated carbocycles. The van der Waals surface area contributed by atoms with Crippen LogP contribution in [0.5, 0.6) is 11.6 Å². The van der Waals surface area contributed by atoms with Crippen LogP contribution in [0.3, 0.4) is 0 Å². The minimum absolute atomic E-state index is 0.206. The van der Waals surface area contributed by atoms with Gasteiger partial charge in [-0.25, -0.2) is 13.8 Å². The minimum atomic E-state index is -0.322. The number of benzene rings is 2. The molecule has 29 heavy (non-hydrogen) atoms. The Labute approximate surface area is 168 Å². The fourth-order valence-electron chi connectivity index (χ4n) is 2.66. The molecular formula is C22H22F2N4O. The van der Waals surface area contributed by atoms with Crippen molar-refractivity contribution in [1.82, 2.24) is 15.6 Å². The Kier molecular flexibility index (Phi) is 7.10. The second kappa shape index (κ2) is 10.2. The Balaban J connectivity index is 1.50. The van der Waals surface area contributed by atoms with Crippen molar-refractivity contribution in [3.8, 4) is 11.6 Å². The van der Waals surface area contributed by atoms with Crippen molar-refractivity contribution in [2.45, 2.75) is 13.0 Å². The molecule has 7 heteroatoms. The first-order valence-electron chi connectivity index (χ1n) is 9.20. The van der Waals surface area contributed by atoms with Crippen LogP contribution in [-0.4, -0.2) is 24.5 Å². The maximum absolute atomic E-state index is 13.7. The zero-order valence-electron chi connectivity index (χ0n) is 16.0. The van der Waals surface area contributed by atoms with Crippen molar-refractivity contribution in [1.29, 1.82) is 0 Å². The van der Waals surface area contributed by atoms with Gasteiger partial charge in [0.25, 0.3) is 0 Å². The van der Waals surface area contributed by atoms with Gasteiger partial charge < -0.3 is 15.4 Å². The predicted molar refractivity (Wildman–Crippen MR) is 109 cm³/mol. The van der Waals surface area contributed by atoms with Crippen molar-refractivity contribution < 1.29 is 13.5 Å². The van der Waals surface area contributed by atoms with E-state index >= 15 is 0 Å². The molecule has 0 aliphatic carbocycles. The predicted octanol–water partition coefficient (Wildman–Crippen LogP) is 4.06. The summed E-state index contributed by atoms with van der Waals surface area (Å²) in [5.74, 6) is 1.01. The van der Waals surface area contributed by atoms with E-state index < -0.39 is 0 Å². The fourth-order valence-corrected chi connectivity index (χ4v) is 2.66. The highest BCUT2D eigenvalue weighted by atomic mass is 19.1. The Morgan fingerprint density at radius 2 is 1.83 bits per heavy atom. The van der Waals surface area contributed by atoms with Crippen LogP contribution in [0.2, 0.25) is 0 Å². The second-order valence-corrected chi connectivity index (χ2v) is 6.25. The molecule has 0 atom stereocenters. The summed E-state index contributed by atoms with van der Waals surface area (Å²) in [7, 11) is 1.67. The van der Waals surface area contributed by atoms with Crippen molar-refractivity contribution >= 4 is 5.96 Å². The highest BCUT2D eigenvalue weighted by molar-refractivity contribution is 5.79. The summed E-state index contributed by atoms with van der Waals surface area (Å²) in [6.45, 7) is 1.05. The van der Waals surface area contributed by atoms with Gasteiger partial charge in [-0.15, -0.1) is 0 Å². The first-order chi connectivity index (χ1) is 14.1. The number of halogens is 2. The van der Waals surface area contributed by atoms with Crippen LogP contribution < -0.4 is 15.4 Å². The quantitative estimate of drug-likeness (QED) is 0.467. The lowest BCUT2D eigenvalue weighted by Gasteiger charge is -2.13. The molecule has 3 rings (SSSR count). The molecule has 0 fully saturated rings. The van der Waals surface area contributed by atoms with E-state index in [0.29, 0.717) is 42.7 Å². The van der Waals surface area contributed by atoms with Crippen LogP contribution in [0.15, 0.2) is 71.9 Å². The minimum Gasteiger partial charge on any atom is -0.439 e. The molecule has 0 aliphatic rings. The molecule has 0 spiro atoms. The van der Waals surface area contributed by atoms with Crippen LogP contribution in [-0.2, 0) is 13.0 Å². The zero-order valence-corrected chi connectivity index (χ0v) is 16.0. The van der Waals surface area contributed by atoms with Gasteiger partial charge in [-0.3, -0.25) is 4.99 Å². The van der Waals surface area contributed by atoms with Crippen molar-refractivity contribution in [3.05, 3.63) is 89.6 Å². The third-order valence-corrected chi connectivity index (χ3v) is 4.16. The summed E-state index contributed by atoms with van der Waals surface area (Å²) in [5, 5.41) is 6.36. The molecule has 1 aromatic heterocycles. The normalized spacial score (nSPS) is 11.2. The Hall–Kier alpha value is -3.48. The largest absolute Gasteiger partial charge is 0.439 e. The number of nitrogens with one attached hydrogen (secondary N) is 2. The monoisotopic (exact) mass is 396 g/mol. The summed E-state index contributed by atoms with van der Waals surface area (Å²) < 4.78 is 32.3. The lowest BCUT2D eigenvalue weighted by molar-refractivity contribution is 0.460. The molecule has 0 aliphatic heterocycles. The standard InChI is InChI=1S/C22H22F2N4O/c1-25-22(27-13-11-17-4-2-3-5-20(17)24)28-15-16-10-12-26-21(14-16)29-19-8-6-18(23)7-9-19/h2-10,12,14H,11,13,15H2,1H3,(H2,25,27,28).